The number of halogens is 1. The quantitative estimate of drug-likeness (QED) is 0.767. The van der Waals surface area contributed by atoms with E-state index in [0.29, 0.717) is 24.3 Å². The van der Waals surface area contributed by atoms with Crippen molar-refractivity contribution < 1.29 is 4.79 Å². The average molecular weight is 256 g/mol. The number of carbonyl (C=O) groups excluding carboxylic acids is 1. The summed E-state index contributed by atoms with van der Waals surface area (Å²) in [5, 5.41) is 0. The van der Waals surface area contributed by atoms with E-state index in [1.807, 2.05) is 0 Å². The van der Waals surface area contributed by atoms with E-state index < -0.39 is 0 Å². The number of alkyl halides is 1. The SMILES string of the molecule is Nc1ccncc1N1CC(Br)CC1=O. The summed E-state index contributed by atoms with van der Waals surface area (Å²) in [7, 11) is 0. The molecule has 0 radical (unpaired) electrons. The lowest BCUT2D eigenvalue weighted by atomic mass is 10.3. The number of amides is 1. The van der Waals surface area contributed by atoms with Crippen LogP contribution in [0.4, 0.5) is 11.4 Å². The molecule has 5 heteroatoms. The van der Waals surface area contributed by atoms with Crippen molar-refractivity contribution in [1.82, 2.24) is 4.98 Å². The molecule has 14 heavy (non-hydrogen) atoms. The molecule has 1 aromatic rings. The van der Waals surface area contributed by atoms with Crippen molar-refractivity contribution in [3.63, 3.8) is 0 Å². The van der Waals surface area contributed by atoms with E-state index in [0.717, 1.165) is 0 Å². The molecule has 74 valence electrons. The summed E-state index contributed by atoms with van der Waals surface area (Å²) in [6, 6.07) is 1.70. The van der Waals surface area contributed by atoms with Crippen LogP contribution in [0.25, 0.3) is 0 Å². The van der Waals surface area contributed by atoms with Crippen LogP contribution in [0, 0.1) is 0 Å². The molecule has 4 nitrogen and oxygen atoms in total. The first-order valence-corrected chi connectivity index (χ1v) is 5.24. The number of aromatic nitrogens is 1. The van der Waals surface area contributed by atoms with Gasteiger partial charge in [-0.25, -0.2) is 0 Å². The lowest BCUT2D eigenvalue weighted by Gasteiger charge is -2.16. The molecule has 1 amide bonds. The fourth-order valence-electron chi connectivity index (χ4n) is 1.52. The van der Waals surface area contributed by atoms with Crippen molar-refractivity contribution in [3.05, 3.63) is 18.5 Å². The highest BCUT2D eigenvalue weighted by Crippen LogP contribution is 2.28. The van der Waals surface area contributed by atoms with E-state index in [9.17, 15) is 4.79 Å². The maximum atomic E-state index is 11.5. The highest BCUT2D eigenvalue weighted by atomic mass is 79.9. The molecule has 1 saturated heterocycles. The molecule has 2 heterocycles. The van der Waals surface area contributed by atoms with E-state index in [-0.39, 0.29) is 10.7 Å². The van der Waals surface area contributed by atoms with E-state index in [1.165, 1.54) is 0 Å². The zero-order valence-electron chi connectivity index (χ0n) is 7.48. The first-order valence-electron chi connectivity index (χ1n) is 4.32. The third kappa shape index (κ3) is 1.59. The fraction of sp³-hybridized carbons (Fsp3) is 0.333. The third-order valence-electron chi connectivity index (χ3n) is 2.20. The molecule has 2 rings (SSSR count). The van der Waals surface area contributed by atoms with Crippen LogP contribution in [0.5, 0.6) is 0 Å². The summed E-state index contributed by atoms with van der Waals surface area (Å²) < 4.78 is 0. The summed E-state index contributed by atoms with van der Waals surface area (Å²) in [5.41, 5.74) is 7.06. The standard InChI is InChI=1S/C9H10BrN3O/c10-6-3-9(14)13(5-6)8-4-12-2-1-7(8)11/h1-2,4,6H,3,5H2,(H2,11,12). The Bertz CT molecular complexity index is 369. The molecule has 1 aromatic heterocycles. The minimum atomic E-state index is 0.0894. The highest BCUT2D eigenvalue weighted by Gasteiger charge is 2.29. The molecular formula is C9H10BrN3O. The van der Waals surface area contributed by atoms with Crippen molar-refractivity contribution >= 4 is 33.2 Å². The van der Waals surface area contributed by atoms with Crippen LogP contribution in [-0.4, -0.2) is 22.3 Å². The predicted molar refractivity (Wildman–Crippen MR) is 58.3 cm³/mol. The zero-order valence-corrected chi connectivity index (χ0v) is 9.07. The second kappa shape index (κ2) is 3.57. The van der Waals surface area contributed by atoms with Crippen molar-refractivity contribution in [2.45, 2.75) is 11.2 Å². The molecule has 0 spiro atoms. The average Bonchev–Trinajstić information content (AvgIpc) is 2.46. The lowest BCUT2D eigenvalue weighted by Crippen LogP contribution is -2.25. The number of pyridine rings is 1. The number of rotatable bonds is 1. The Morgan fingerprint density at radius 3 is 3.00 bits per heavy atom. The first kappa shape index (κ1) is 9.45. The Kier molecular flexibility index (Phi) is 2.41. The van der Waals surface area contributed by atoms with Crippen LogP contribution >= 0.6 is 15.9 Å². The van der Waals surface area contributed by atoms with Gasteiger partial charge in [-0.05, 0) is 6.07 Å². The minimum absolute atomic E-state index is 0.0894. The van der Waals surface area contributed by atoms with Crippen molar-refractivity contribution in [2.24, 2.45) is 0 Å². The molecule has 1 atom stereocenters. The van der Waals surface area contributed by atoms with E-state index in [1.54, 1.807) is 23.4 Å². The van der Waals surface area contributed by atoms with E-state index in [2.05, 4.69) is 20.9 Å². The summed E-state index contributed by atoms with van der Waals surface area (Å²) in [5.74, 6) is 0.0894. The largest absolute Gasteiger partial charge is 0.397 e. The molecule has 0 aromatic carbocycles. The summed E-state index contributed by atoms with van der Waals surface area (Å²) in [6.07, 6.45) is 3.76. The molecule has 0 bridgehead atoms. The predicted octanol–water partition coefficient (Wildman–Crippen LogP) is 1.16. The molecule has 0 saturated carbocycles. The van der Waals surface area contributed by atoms with Crippen molar-refractivity contribution in [3.8, 4) is 0 Å². The summed E-state index contributed by atoms with van der Waals surface area (Å²) >= 11 is 3.42. The van der Waals surface area contributed by atoms with Gasteiger partial charge in [-0.2, -0.15) is 0 Å². The molecule has 1 aliphatic heterocycles. The van der Waals surface area contributed by atoms with Gasteiger partial charge in [-0.15, -0.1) is 0 Å². The normalized spacial score (nSPS) is 21.6. The van der Waals surface area contributed by atoms with Gasteiger partial charge in [0.2, 0.25) is 5.91 Å². The molecule has 1 fully saturated rings. The molecule has 1 aliphatic rings. The monoisotopic (exact) mass is 255 g/mol. The van der Waals surface area contributed by atoms with Gasteiger partial charge >= 0.3 is 0 Å². The number of nitrogen functional groups attached to an aromatic ring is 1. The van der Waals surface area contributed by atoms with Crippen LogP contribution in [0.2, 0.25) is 0 Å². The topological polar surface area (TPSA) is 59.2 Å². The van der Waals surface area contributed by atoms with Gasteiger partial charge < -0.3 is 10.6 Å². The van der Waals surface area contributed by atoms with Crippen LogP contribution in [0.1, 0.15) is 6.42 Å². The highest BCUT2D eigenvalue weighted by molar-refractivity contribution is 9.09. The summed E-state index contributed by atoms with van der Waals surface area (Å²) in [4.78, 5) is 17.4. The Hall–Kier alpha value is -1.10. The minimum Gasteiger partial charge on any atom is -0.397 e. The van der Waals surface area contributed by atoms with Gasteiger partial charge in [0.15, 0.2) is 0 Å². The van der Waals surface area contributed by atoms with Crippen molar-refractivity contribution in [2.75, 3.05) is 17.2 Å². The molecular weight excluding hydrogens is 246 g/mol. The number of nitrogens with two attached hydrogens (primary N) is 1. The molecule has 1 unspecified atom stereocenters. The zero-order chi connectivity index (χ0) is 10.1. The third-order valence-corrected chi connectivity index (χ3v) is 2.81. The number of anilines is 2. The first-order chi connectivity index (χ1) is 6.68. The lowest BCUT2D eigenvalue weighted by molar-refractivity contribution is -0.117. The van der Waals surface area contributed by atoms with Crippen molar-refractivity contribution in [1.29, 1.82) is 0 Å². The Morgan fingerprint density at radius 2 is 2.43 bits per heavy atom. The van der Waals surface area contributed by atoms with Gasteiger partial charge in [0.25, 0.3) is 0 Å². The molecule has 0 aliphatic carbocycles. The van der Waals surface area contributed by atoms with E-state index >= 15 is 0 Å². The van der Waals surface area contributed by atoms with Gasteiger partial charge in [-0.3, -0.25) is 9.78 Å². The smallest absolute Gasteiger partial charge is 0.228 e. The Balaban J connectivity index is 2.32. The van der Waals surface area contributed by atoms with E-state index in [4.69, 9.17) is 5.73 Å². The van der Waals surface area contributed by atoms with Crippen LogP contribution in [0.3, 0.4) is 0 Å². The van der Waals surface area contributed by atoms with Crippen LogP contribution in [0.15, 0.2) is 18.5 Å². The number of nitrogens with zero attached hydrogens (tertiary/aromatic N) is 2. The molecule has 2 N–H and O–H groups in total. The van der Waals surface area contributed by atoms with Gasteiger partial charge in [0.05, 0.1) is 17.6 Å². The Morgan fingerprint density at radius 1 is 1.64 bits per heavy atom. The number of hydrogen-bond acceptors (Lipinski definition) is 3. The van der Waals surface area contributed by atoms with Gasteiger partial charge in [-0.1, -0.05) is 15.9 Å². The number of carbonyl (C=O) groups is 1. The van der Waals surface area contributed by atoms with Crippen LogP contribution < -0.4 is 10.6 Å². The maximum absolute atomic E-state index is 11.5. The second-order valence-corrected chi connectivity index (χ2v) is 4.54. The Labute approximate surface area is 90.2 Å². The van der Waals surface area contributed by atoms with Gasteiger partial charge in [0, 0.05) is 24.0 Å². The maximum Gasteiger partial charge on any atom is 0.228 e. The second-order valence-electron chi connectivity index (χ2n) is 3.24. The fourth-order valence-corrected chi connectivity index (χ4v) is 2.09. The summed E-state index contributed by atoms with van der Waals surface area (Å²) in [6.45, 7) is 0.661. The number of hydrogen-bond donors (Lipinski definition) is 1. The van der Waals surface area contributed by atoms with Crippen LogP contribution in [-0.2, 0) is 4.79 Å². The van der Waals surface area contributed by atoms with Gasteiger partial charge in [0.1, 0.15) is 0 Å².